The topological polar surface area (TPSA) is 82.5 Å². The number of thiophene rings is 1. The third kappa shape index (κ3) is 4.36. The van der Waals surface area contributed by atoms with Crippen molar-refractivity contribution >= 4 is 27.5 Å². The second-order valence-electron chi connectivity index (χ2n) is 9.08. The van der Waals surface area contributed by atoms with Gasteiger partial charge in [0.1, 0.15) is 18.0 Å². The van der Waals surface area contributed by atoms with Crippen LogP contribution in [0.4, 0.5) is 0 Å². The molecule has 1 aromatic carbocycles. The molecule has 0 radical (unpaired) electrons. The summed E-state index contributed by atoms with van der Waals surface area (Å²) < 4.78 is 12.9. The third-order valence-corrected chi connectivity index (χ3v) is 7.63. The zero-order chi connectivity index (χ0) is 22.9. The molecular formula is C25H29N3O4S. The molecule has 8 heteroatoms. The van der Waals surface area contributed by atoms with Gasteiger partial charge in [-0.15, -0.1) is 11.3 Å². The van der Waals surface area contributed by atoms with E-state index in [1.165, 1.54) is 16.9 Å². The van der Waals surface area contributed by atoms with E-state index in [1.54, 1.807) is 22.2 Å². The summed E-state index contributed by atoms with van der Waals surface area (Å²) in [6.07, 6.45) is 6.07. The van der Waals surface area contributed by atoms with Crippen molar-refractivity contribution in [3.8, 4) is 11.5 Å². The van der Waals surface area contributed by atoms with Crippen LogP contribution in [0.2, 0.25) is 0 Å². The molecule has 1 aliphatic carbocycles. The molecule has 3 heterocycles. The Kier molecular flexibility index (Phi) is 6.10. The Morgan fingerprint density at radius 3 is 2.79 bits per heavy atom. The maximum atomic E-state index is 13.1. The van der Waals surface area contributed by atoms with Crippen LogP contribution in [0.15, 0.2) is 29.3 Å². The zero-order valence-electron chi connectivity index (χ0n) is 19.1. The van der Waals surface area contributed by atoms with Gasteiger partial charge in [0.05, 0.1) is 17.8 Å². The van der Waals surface area contributed by atoms with Crippen LogP contribution in [-0.4, -0.2) is 28.7 Å². The SMILES string of the molecule is CC(C)C(NC(=O)CCn1cnc2sc3c(c2c1=O)CCCC3)c1ccc2c(c1)OCCO2. The van der Waals surface area contributed by atoms with Crippen molar-refractivity contribution in [1.82, 2.24) is 14.9 Å². The zero-order valence-corrected chi connectivity index (χ0v) is 19.9. The number of carbonyl (C=O) groups excluding carboxylic acids is 1. The van der Waals surface area contributed by atoms with Crippen molar-refractivity contribution in [3.05, 3.63) is 50.9 Å². The van der Waals surface area contributed by atoms with Crippen LogP contribution < -0.4 is 20.3 Å². The summed E-state index contributed by atoms with van der Waals surface area (Å²) >= 11 is 1.64. The molecule has 2 aromatic heterocycles. The highest BCUT2D eigenvalue weighted by Crippen LogP contribution is 2.35. The fourth-order valence-corrected chi connectivity index (χ4v) is 5.92. The summed E-state index contributed by atoms with van der Waals surface area (Å²) in [6.45, 7) is 5.53. The van der Waals surface area contributed by atoms with Gasteiger partial charge in [-0.25, -0.2) is 4.98 Å². The van der Waals surface area contributed by atoms with E-state index < -0.39 is 0 Å². The number of aromatic nitrogens is 2. The molecule has 1 unspecified atom stereocenters. The maximum Gasteiger partial charge on any atom is 0.262 e. The van der Waals surface area contributed by atoms with Gasteiger partial charge < -0.3 is 14.8 Å². The number of rotatable bonds is 6. The lowest BCUT2D eigenvalue weighted by atomic mass is 9.95. The van der Waals surface area contributed by atoms with Gasteiger partial charge in [-0.1, -0.05) is 19.9 Å². The second-order valence-corrected chi connectivity index (χ2v) is 10.2. The van der Waals surface area contributed by atoms with Gasteiger partial charge in [0.25, 0.3) is 5.56 Å². The van der Waals surface area contributed by atoms with Gasteiger partial charge in [0.2, 0.25) is 5.91 Å². The summed E-state index contributed by atoms with van der Waals surface area (Å²) in [5.41, 5.74) is 2.13. The molecule has 0 fully saturated rings. The highest BCUT2D eigenvalue weighted by atomic mass is 32.1. The Balaban J connectivity index is 1.30. The van der Waals surface area contributed by atoms with Crippen LogP contribution in [0.1, 0.15) is 55.2 Å². The number of hydrogen-bond donors (Lipinski definition) is 1. The highest BCUT2D eigenvalue weighted by Gasteiger charge is 2.23. The van der Waals surface area contributed by atoms with Gasteiger partial charge in [-0.05, 0) is 54.9 Å². The first-order valence-electron chi connectivity index (χ1n) is 11.7. The molecule has 0 saturated heterocycles. The number of nitrogens with zero attached hydrogens (tertiary/aromatic N) is 2. The molecular weight excluding hydrogens is 438 g/mol. The minimum absolute atomic E-state index is 0.0283. The van der Waals surface area contributed by atoms with E-state index in [2.05, 4.69) is 24.1 Å². The van der Waals surface area contributed by atoms with Crippen molar-refractivity contribution in [3.63, 3.8) is 0 Å². The first kappa shape index (κ1) is 21.9. The lowest BCUT2D eigenvalue weighted by Crippen LogP contribution is -2.33. The number of hydrogen-bond acceptors (Lipinski definition) is 6. The minimum Gasteiger partial charge on any atom is -0.486 e. The molecule has 174 valence electrons. The van der Waals surface area contributed by atoms with Crippen LogP contribution in [0.5, 0.6) is 11.5 Å². The predicted molar refractivity (Wildman–Crippen MR) is 128 cm³/mol. The predicted octanol–water partition coefficient (Wildman–Crippen LogP) is 4.01. The molecule has 0 spiro atoms. The largest absolute Gasteiger partial charge is 0.486 e. The van der Waals surface area contributed by atoms with Crippen molar-refractivity contribution in [2.75, 3.05) is 13.2 Å². The lowest BCUT2D eigenvalue weighted by Gasteiger charge is -2.25. The van der Waals surface area contributed by atoms with Crippen LogP contribution in [0.3, 0.4) is 0 Å². The molecule has 1 N–H and O–H groups in total. The van der Waals surface area contributed by atoms with Gasteiger partial charge >= 0.3 is 0 Å². The van der Waals surface area contributed by atoms with Crippen molar-refractivity contribution in [1.29, 1.82) is 0 Å². The fraction of sp³-hybridized carbons (Fsp3) is 0.480. The fourth-order valence-electron chi connectivity index (χ4n) is 4.70. The summed E-state index contributed by atoms with van der Waals surface area (Å²) in [4.78, 5) is 32.6. The quantitative estimate of drug-likeness (QED) is 0.592. The lowest BCUT2D eigenvalue weighted by molar-refractivity contribution is -0.122. The van der Waals surface area contributed by atoms with Crippen molar-refractivity contribution in [2.45, 2.75) is 58.5 Å². The van der Waals surface area contributed by atoms with Crippen molar-refractivity contribution in [2.24, 2.45) is 5.92 Å². The second kappa shape index (κ2) is 9.17. The Morgan fingerprint density at radius 1 is 1.18 bits per heavy atom. The molecule has 33 heavy (non-hydrogen) atoms. The average Bonchev–Trinajstić information content (AvgIpc) is 3.21. The Bertz CT molecular complexity index is 1250. The molecule has 7 nitrogen and oxygen atoms in total. The maximum absolute atomic E-state index is 13.1. The van der Waals surface area contributed by atoms with Crippen LogP contribution in [-0.2, 0) is 24.2 Å². The van der Waals surface area contributed by atoms with Gasteiger partial charge in [-0.3, -0.25) is 14.2 Å². The molecule has 2 aliphatic rings. The number of aryl methyl sites for hydroxylation is 3. The first-order chi connectivity index (χ1) is 16.0. The summed E-state index contributed by atoms with van der Waals surface area (Å²) in [7, 11) is 0. The van der Waals surface area contributed by atoms with E-state index in [-0.39, 0.29) is 29.8 Å². The molecule has 3 aromatic rings. The first-order valence-corrected chi connectivity index (χ1v) is 12.5. The Labute approximate surface area is 196 Å². The number of ether oxygens (including phenoxy) is 2. The monoisotopic (exact) mass is 467 g/mol. The van der Waals surface area contributed by atoms with Gasteiger partial charge in [-0.2, -0.15) is 0 Å². The van der Waals surface area contributed by atoms with E-state index >= 15 is 0 Å². The molecule has 0 saturated carbocycles. The third-order valence-electron chi connectivity index (χ3n) is 6.43. The van der Waals surface area contributed by atoms with E-state index in [9.17, 15) is 9.59 Å². The Hall–Kier alpha value is -2.87. The van der Waals surface area contributed by atoms with E-state index in [1.807, 2.05) is 18.2 Å². The number of nitrogens with one attached hydrogen (secondary N) is 1. The molecule has 1 atom stereocenters. The summed E-state index contributed by atoms with van der Waals surface area (Å²) in [5, 5.41) is 3.90. The number of amides is 1. The highest BCUT2D eigenvalue weighted by molar-refractivity contribution is 7.18. The van der Waals surface area contributed by atoms with E-state index in [0.29, 0.717) is 25.5 Å². The molecule has 1 aliphatic heterocycles. The van der Waals surface area contributed by atoms with Crippen molar-refractivity contribution < 1.29 is 14.3 Å². The van der Waals surface area contributed by atoms with Gasteiger partial charge in [0.15, 0.2) is 11.5 Å². The number of carbonyl (C=O) groups is 1. The van der Waals surface area contributed by atoms with Crippen LogP contribution in [0.25, 0.3) is 10.2 Å². The molecule has 5 rings (SSSR count). The van der Waals surface area contributed by atoms with E-state index in [4.69, 9.17) is 9.47 Å². The summed E-state index contributed by atoms with van der Waals surface area (Å²) in [5.74, 6) is 1.54. The normalized spacial score (nSPS) is 16.0. The van der Waals surface area contributed by atoms with Crippen LogP contribution in [0, 0.1) is 5.92 Å². The molecule has 0 bridgehead atoms. The van der Waals surface area contributed by atoms with E-state index in [0.717, 1.165) is 40.8 Å². The number of fused-ring (bicyclic) bond motifs is 4. The van der Waals surface area contributed by atoms with Crippen LogP contribution >= 0.6 is 11.3 Å². The smallest absolute Gasteiger partial charge is 0.262 e. The standard InChI is InChI=1S/C25H29N3O4S/c1-15(2)23(16-7-8-18-19(13-16)32-12-11-31-18)27-21(29)9-10-28-14-26-24-22(25(28)30)17-5-3-4-6-20(17)33-24/h7-8,13-15,23H,3-6,9-12H2,1-2H3,(H,27,29). The average molecular weight is 468 g/mol. The minimum atomic E-state index is -0.158. The Morgan fingerprint density at radius 2 is 1.97 bits per heavy atom. The number of benzene rings is 1. The molecule has 1 amide bonds. The summed E-state index contributed by atoms with van der Waals surface area (Å²) in [6, 6.07) is 5.66. The van der Waals surface area contributed by atoms with Gasteiger partial charge in [0, 0.05) is 17.8 Å².